The SMILES string of the molecule is CC/C=C\C/C=C\C/C=C\C/C=C\C/C=C\C/C=C(/CCC(=O)N[C@@H](C)C(=O)Oc1ccccc1)c1sc2cc(OC(=O)[C@H](C)NC(=O)CC/C=C/C/C=C/C/C=C/C/C=C/C/C=C/C/C=C/CC)ccc2c1C(=O)c1ccc(OCCN2CCCCC2)cc1. The van der Waals surface area contributed by atoms with Crippen LogP contribution in [0.5, 0.6) is 17.2 Å². The predicted molar refractivity (Wildman–Crippen MR) is 374 cm³/mol. The topological polar surface area (TPSA) is 140 Å². The van der Waals surface area contributed by atoms with Crippen LogP contribution in [0.15, 0.2) is 213 Å². The Morgan fingerprint density at radius 1 is 0.500 bits per heavy atom. The fourth-order valence-corrected chi connectivity index (χ4v) is 10.8. The first-order chi connectivity index (χ1) is 44.1. The normalized spacial score (nSPS) is 14.5. The minimum atomic E-state index is -0.925. The Labute approximate surface area is 541 Å². The molecule has 0 spiro atoms. The maximum absolute atomic E-state index is 15.0. The van der Waals surface area contributed by atoms with E-state index in [4.69, 9.17) is 14.2 Å². The number of ketones is 1. The molecule has 1 aliphatic rings. The highest BCUT2D eigenvalue weighted by atomic mass is 32.1. The van der Waals surface area contributed by atoms with Gasteiger partial charge in [0.2, 0.25) is 11.8 Å². The third kappa shape index (κ3) is 29.9. The third-order valence-corrected chi connectivity index (χ3v) is 15.7. The largest absolute Gasteiger partial charge is 0.492 e. The number of fused-ring (bicyclic) bond motifs is 1. The van der Waals surface area contributed by atoms with Gasteiger partial charge in [0.25, 0.3) is 0 Å². The summed E-state index contributed by atoms with van der Waals surface area (Å²) in [5, 5.41) is 6.24. The lowest BCUT2D eigenvalue weighted by molar-refractivity contribution is -0.139. The summed E-state index contributed by atoms with van der Waals surface area (Å²) >= 11 is 1.38. The van der Waals surface area contributed by atoms with E-state index in [0.29, 0.717) is 57.0 Å². The molecule has 90 heavy (non-hydrogen) atoms. The fourth-order valence-electron chi connectivity index (χ4n) is 9.52. The lowest BCUT2D eigenvalue weighted by atomic mass is 9.95. The second-order valence-corrected chi connectivity index (χ2v) is 23.0. The van der Waals surface area contributed by atoms with Crippen molar-refractivity contribution < 1.29 is 38.2 Å². The van der Waals surface area contributed by atoms with Crippen LogP contribution in [0, 0.1) is 0 Å². The number of carbonyl (C=O) groups excluding carboxylic acids is 5. The molecule has 0 unspecified atom stereocenters. The van der Waals surface area contributed by atoms with Crippen LogP contribution in [-0.4, -0.2) is 72.8 Å². The molecule has 478 valence electrons. The number of ether oxygens (including phenoxy) is 3. The van der Waals surface area contributed by atoms with E-state index in [2.05, 4.69) is 151 Å². The van der Waals surface area contributed by atoms with Crippen LogP contribution in [-0.2, 0) is 19.2 Å². The molecule has 5 rings (SSSR count). The van der Waals surface area contributed by atoms with E-state index in [1.807, 2.05) is 36.4 Å². The number of nitrogens with one attached hydrogen (secondary N) is 2. The minimum absolute atomic E-state index is 0.0136. The maximum Gasteiger partial charge on any atom is 0.333 e. The van der Waals surface area contributed by atoms with Crippen molar-refractivity contribution in [2.75, 3.05) is 26.2 Å². The van der Waals surface area contributed by atoms with Gasteiger partial charge in [-0.25, -0.2) is 9.59 Å². The highest BCUT2D eigenvalue weighted by molar-refractivity contribution is 7.20. The number of thiophene rings is 1. The van der Waals surface area contributed by atoms with E-state index < -0.39 is 24.0 Å². The van der Waals surface area contributed by atoms with Crippen LogP contribution in [0.1, 0.15) is 170 Å². The molecule has 0 aliphatic carbocycles. The van der Waals surface area contributed by atoms with Crippen LogP contribution in [0.25, 0.3) is 15.7 Å². The molecule has 1 aromatic heterocycles. The van der Waals surface area contributed by atoms with Gasteiger partial charge in [-0.1, -0.05) is 178 Å². The van der Waals surface area contributed by atoms with Crippen LogP contribution in [0.2, 0.25) is 0 Å². The Hall–Kier alpha value is -8.19. The number of carbonyl (C=O) groups is 5. The van der Waals surface area contributed by atoms with E-state index in [9.17, 15) is 19.2 Å². The van der Waals surface area contributed by atoms with Crippen molar-refractivity contribution in [2.45, 2.75) is 162 Å². The molecular weight excluding hydrogens is 1140 g/mol. The smallest absolute Gasteiger partial charge is 0.333 e. The van der Waals surface area contributed by atoms with Gasteiger partial charge in [0.05, 0.1) is 0 Å². The number of amides is 2. The number of benzene rings is 3. The van der Waals surface area contributed by atoms with E-state index in [1.165, 1.54) is 30.6 Å². The highest BCUT2D eigenvalue weighted by Gasteiger charge is 2.26. The second-order valence-electron chi connectivity index (χ2n) is 21.9. The molecule has 11 nitrogen and oxygen atoms in total. The van der Waals surface area contributed by atoms with E-state index >= 15 is 4.79 Å². The number of piperidine rings is 1. The maximum atomic E-state index is 15.0. The summed E-state index contributed by atoms with van der Waals surface area (Å²) < 4.78 is 18.2. The number of rotatable bonds is 41. The fraction of sp³-hybridized carbons (Fsp3) is 0.372. The van der Waals surface area contributed by atoms with Crippen molar-refractivity contribution in [1.82, 2.24) is 15.5 Å². The van der Waals surface area contributed by atoms with Gasteiger partial charge in [0, 0.05) is 45.5 Å². The quantitative estimate of drug-likeness (QED) is 0.0192. The van der Waals surface area contributed by atoms with Gasteiger partial charge in [-0.15, -0.1) is 11.3 Å². The van der Waals surface area contributed by atoms with Crippen molar-refractivity contribution >= 4 is 56.5 Å². The van der Waals surface area contributed by atoms with Gasteiger partial charge in [-0.05, 0) is 190 Å². The molecule has 3 aromatic carbocycles. The van der Waals surface area contributed by atoms with Gasteiger partial charge >= 0.3 is 11.9 Å². The molecule has 4 aromatic rings. The number of likely N-dealkylation sites (tertiary alicyclic amines) is 1. The average Bonchev–Trinajstić information content (AvgIpc) is 1.63. The summed E-state index contributed by atoms with van der Waals surface area (Å²) in [6.07, 6.45) is 64.5. The van der Waals surface area contributed by atoms with Crippen molar-refractivity contribution in [3.8, 4) is 17.2 Å². The summed E-state index contributed by atoms with van der Waals surface area (Å²) in [6, 6.07) is 19.3. The molecule has 1 aliphatic heterocycles. The molecule has 2 atom stereocenters. The third-order valence-electron chi connectivity index (χ3n) is 14.5. The molecule has 0 radical (unpaired) electrons. The Morgan fingerprint density at radius 2 is 0.956 bits per heavy atom. The number of hydrogen-bond acceptors (Lipinski definition) is 10. The Bertz CT molecular complexity index is 3180. The first-order valence-electron chi connectivity index (χ1n) is 32.5. The molecule has 2 amide bonds. The Kier molecular flexibility index (Phi) is 36.4. The first-order valence-corrected chi connectivity index (χ1v) is 33.4. The lowest BCUT2D eigenvalue weighted by Gasteiger charge is -2.26. The van der Waals surface area contributed by atoms with Crippen LogP contribution in [0.4, 0.5) is 0 Å². The van der Waals surface area contributed by atoms with Crippen LogP contribution in [0.3, 0.4) is 0 Å². The predicted octanol–water partition coefficient (Wildman–Crippen LogP) is 18.3. The van der Waals surface area contributed by atoms with E-state index in [0.717, 1.165) is 95.8 Å². The van der Waals surface area contributed by atoms with Crippen molar-refractivity contribution in [3.63, 3.8) is 0 Å². The average molecular weight is 1240 g/mol. The molecule has 2 heterocycles. The minimum Gasteiger partial charge on any atom is -0.492 e. The Balaban J connectivity index is 1.28. The Morgan fingerprint density at radius 3 is 1.47 bits per heavy atom. The molecule has 1 saturated heterocycles. The zero-order chi connectivity index (χ0) is 64.1. The second kappa shape index (κ2) is 45.1. The molecule has 0 saturated carbocycles. The summed E-state index contributed by atoms with van der Waals surface area (Å²) in [6.45, 7) is 11.0. The molecule has 1 fully saturated rings. The highest BCUT2D eigenvalue weighted by Crippen LogP contribution is 2.41. The lowest BCUT2D eigenvalue weighted by Crippen LogP contribution is -2.40. The van der Waals surface area contributed by atoms with Crippen LogP contribution >= 0.6 is 11.3 Å². The number of nitrogens with zero attached hydrogens (tertiary/aromatic N) is 1. The summed E-state index contributed by atoms with van der Waals surface area (Å²) in [5.74, 6) is -0.764. The molecule has 2 N–H and O–H groups in total. The number of para-hydroxylation sites is 1. The summed E-state index contributed by atoms with van der Waals surface area (Å²) in [5.41, 5.74) is 1.68. The van der Waals surface area contributed by atoms with Gasteiger partial charge in [-0.3, -0.25) is 19.3 Å². The zero-order valence-corrected chi connectivity index (χ0v) is 54.6. The van der Waals surface area contributed by atoms with Crippen molar-refractivity contribution in [2.24, 2.45) is 0 Å². The van der Waals surface area contributed by atoms with Gasteiger partial charge in [0.1, 0.15) is 35.9 Å². The number of hydrogen-bond donors (Lipinski definition) is 2. The summed E-state index contributed by atoms with van der Waals surface area (Å²) in [7, 11) is 0. The van der Waals surface area contributed by atoms with Crippen LogP contribution < -0.4 is 24.8 Å². The van der Waals surface area contributed by atoms with Gasteiger partial charge < -0.3 is 24.8 Å². The standard InChI is InChI=1S/C78H97N3O8S/c1-5-7-9-11-13-15-17-19-21-23-24-25-27-29-31-33-35-37-43-49-72(82)79-64(4)78(86)89-69-55-56-70-71(62-69)90-76(74(70)75(84)65-50-53-67(54-51-65)87-61-60-81-58-44-39-45-59-81)66(52-57-73(83)80-63(3)77(85)88-68-47-41-38-42-48-68)46-40-36-34-32-30-28-26-22-20-18-16-14-12-10-8-6-2/h7-10,13-16,19-22,24-25,28-31,34-38,41-42,46-48,50-51,53-56,62-64H,5-6,11-12,17-18,23,26-27,32-33,39-40,43-45,49,52,57-61H2,1-4H3,(H,79,82)(H,80,83)/b9-7+,10-8-,15-13+,16-14-,21-19+,22-20-,25-24+,30-28-,31-29+,36-34-,37-35+,66-46-/t63-,64-/m0/s1. The summed E-state index contributed by atoms with van der Waals surface area (Å²) in [4.78, 5) is 71.4. The van der Waals surface area contributed by atoms with E-state index in [1.54, 1.807) is 68.4 Å². The van der Waals surface area contributed by atoms with Crippen molar-refractivity contribution in [3.05, 3.63) is 229 Å². The number of allylic oxidation sites excluding steroid dienone is 24. The van der Waals surface area contributed by atoms with Gasteiger partial charge in [-0.2, -0.15) is 0 Å². The molecular formula is C78H97N3O8S. The first kappa shape index (κ1) is 72.6. The number of esters is 2. The van der Waals surface area contributed by atoms with E-state index in [-0.39, 0.29) is 42.6 Å². The molecule has 12 heteroatoms. The monoisotopic (exact) mass is 1240 g/mol. The van der Waals surface area contributed by atoms with Gasteiger partial charge in [0.15, 0.2) is 5.78 Å². The zero-order valence-electron chi connectivity index (χ0n) is 53.7. The van der Waals surface area contributed by atoms with Crippen molar-refractivity contribution in [1.29, 1.82) is 0 Å². The molecule has 0 bridgehead atoms.